The number of hydrogen-bond donors (Lipinski definition) is 2. The van der Waals surface area contributed by atoms with Crippen molar-refractivity contribution < 1.29 is 4.79 Å². The highest BCUT2D eigenvalue weighted by molar-refractivity contribution is 5.74. The maximum atomic E-state index is 12.6. The minimum atomic E-state index is -0.118. The van der Waals surface area contributed by atoms with E-state index in [1.165, 1.54) is 0 Å². The van der Waals surface area contributed by atoms with E-state index in [-0.39, 0.29) is 17.6 Å². The molecule has 0 unspecified atom stereocenters. The number of urea groups is 1. The van der Waals surface area contributed by atoms with Crippen molar-refractivity contribution in [2.75, 3.05) is 6.54 Å². The minimum Gasteiger partial charge on any atom is -0.336 e. The quantitative estimate of drug-likeness (QED) is 0.885. The van der Waals surface area contributed by atoms with Crippen LogP contribution in [0.15, 0.2) is 35.1 Å². The van der Waals surface area contributed by atoms with Crippen molar-refractivity contribution in [2.45, 2.75) is 32.9 Å². The van der Waals surface area contributed by atoms with E-state index in [1.54, 1.807) is 9.58 Å². The zero-order valence-corrected chi connectivity index (χ0v) is 12.8. The van der Waals surface area contributed by atoms with Crippen molar-refractivity contribution in [2.24, 2.45) is 0 Å². The molecule has 6 heteroatoms. The number of fused-ring (bicyclic) bond motifs is 1. The number of amides is 2. The van der Waals surface area contributed by atoms with Gasteiger partial charge in [-0.05, 0) is 26.0 Å². The van der Waals surface area contributed by atoms with Crippen LogP contribution in [0.25, 0.3) is 5.69 Å². The van der Waals surface area contributed by atoms with E-state index >= 15 is 0 Å². The summed E-state index contributed by atoms with van der Waals surface area (Å²) in [7, 11) is 0. The van der Waals surface area contributed by atoms with Crippen LogP contribution in [-0.4, -0.2) is 33.3 Å². The van der Waals surface area contributed by atoms with Crippen LogP contribution in [0.3, 0.4) is 0 Å². The van der Waals surface area contributed by atoms with Crippen molar-refractivity contribution in [3.05, 3.63) is 51.9 Å². The summed E-state index contributed by atoms with van der Waals surface area (Å²) in [5, 5.41) is 6.03. The first-order chi connectivity index (χ1) is 10.6. The molecule has 0 saturated carbocycles. The molecular weight excluding hydrogens is 280 g/mol. The number of rotatable bonds is 2. The summed E-state index contributed by atoms with van der Waals surface area (Å²) in [6.45, 7) is 4.81. The second kappa shape index (κ2) is 5.71. The highest BCUT2D eigenvalue weighted by atomic mass is 16.2. The molecule has 0 bridgehead atoms. The molecule has 22 heavy (non-hydrogen) atoms. The Kier molecular flexibility index (Phi) is 3.75. The molecule has 0 atom stereocenters. The Morgan fingerprint density at radius 1 is 1.27 bits per heavy atom. The lowest BCUT2D eigenvalue weighted by atomic mass is 10.1. The topological polar surface area (TPSA) is 70.1 Å². The van der Waals surface area contributed by atoms with E-state index < -0.39 is 0 Å². The van der Waals surface area contributed by atoms with Crippen LogP contribution >= 0.6 is 0 Å². The fourth-order valence-electron chi connectivity index (χ4n) is 2.67. The van der Waals surface area contributed by atoms with Crippen LogP contribution in [0.1, 0.15) is 25.1 Å². The number of carbonyl (C=O) groups is 1. The van der Waals surface area contributed by atoms with Gasteiger partial charge in [0.25, 0.3) is 5.56 Å². The summed E-state index contributed by atoms with van der Waals surface area (Å²) in [4.78, 5) is 26.4. The zero-order valence-electron chi connectivity index (χ0n) is 12.8. The standard InChI is InChI=1S/C16H20N4O2/c1-11(2)17-16(22)19-9-8-14-13(10-19)15(21)20(18-14)12-6-4-3-5-7-12/h3-7,11,18H,8-10H2,1-2H3,(H,17,22). The van der Waals surface area contributed by atoms with Gasteiger partial charge in [-0.25, -0.2) is 9.48 Å². The summed E-state index contributed by atoms with van der Waals surface area (Å²) >= 11 is 0. The van der Waals surface area contributed by atoms with Gasteiger partial charge >= 0.3 is 6.03 Å². The smallest absolute Gasteiger partial charge is 0.317 e. The number of carbonyl (C=O) groups excluding carboxylic acids is 1. The zero-order chi connectivity index (χ0) is 15.7. The molecule has 0 spiro atoms. The number of aromatic amines is 1. The fraction of sp³-hybridized carbons (Fsp3) is 0.375. The van der Waals surface area contributed by atoms with Crippen LogP contribution in [0.4, 0.5) is 4.79 Å². The summed E-state index contributed by atoms with van der Waals surface area (Å²) in [5.41, 5.74) is 2.32. The van der Waals surface area contributed by atoms with Crippen molar-refractivity contribution in [3.63, 3.8) is 0 Å². The lowest BCUT2D eigenvalue weighted by Crippen LogP contribution is -2.45. The Balaban J connectivity index is 1.88. The third-order valence-corrected chi connectivity index (χ3v) is 3.77. The average molecular weight is 300 g/mol. The van der Waals surface area contributed by atoms with Crippen molar-refractivity contribution >= 4 is 6.03 Å². The molecule has 6 nitrogen and oxygen atoms in total. The molecule has 1 aromatic carbocycles. The molecule has 2 aromatic rings. The molecule has 1 aliphatic rings. The highest BCUT2D eigenvalue weighted by Gasteiger charge is 2.26. The minimum absolute atomic E-state index is 0.0803. The van der Waals surface area contributed by atoms with Gasteiger partial charge < -0.3 is 10.2 Å². The van der Waals surface area contributed by atoms with Gasteiger partial charge in [-0.2, -0.15) is 0 Å². The number of H-pyrrole nitrogens is 1. The Bertz CT molecular complexity index is 730. The van der Waals surface area contributed by atoms with Gasteiger partial charge in [-0.15, -0.1) is 0 Å². The van der Waals surface area contributed by atoms with Crippen LogP contribution in [0, 0.1) is 0 Å². The van der Waals surface area contributed by atoms with Crippen molar-refractivity contribution in [3.8, 4) is 5.69 Å². The number of para-hydroxylation sites is 1. The summed E-state index contributed by atoms with van der Waals surface area (Å²) in [6.07, 6.45) is 0.663. The molecule has 3 rings (SSSR count). The molecule has 1 aromatic heterocycles. The maximum Gasteiger partial charge on any atom is 0.317 e. The number of nitrogens with zero attached hydrogens (tertiary/aromatic N) is 2. The molecule has 1 aliphatic heterocycles. The van der Waals surface area contributed by atoms with Crippen molar-refractivity contribution in [1.82, 2.24) is 20.0 Å². The Labute approximate surface area is 128 Å². The van der Waals surface area contributed by atoms with E-state index in [9.17, 15) is 9.59 Å². The number of benzene rings is 1. The molecule has 2 N–H and O–H groups in total. The molecule has 0 aliphatic carbocycles. The number of hydrogen-bond acceptors (Lipinski definition) is 2. The molecule has 0 saturated heterocycles. The van der Waals surface area contributed by atoms with E-state index in [4.69, 9.17) is 0 Å². The first-order valence-electron chi connectivity index (χ1n) is 7.50. The third-order valence-electron chi connectivity index (χ3n) is 3.77. The maximum absolute atomic E-state index is 12.6. The van der Waals surface area contributed by atoms with Gasteiger partial charge in [0.15, 0.2) is 0 Å². The molecular formula is C16H20N4O2. The van der Waals surface area contributed by atoms with Gasteiger partial charge in [0.05, 0.1) is 17.8 Å². The first kappa shape index (κ1) is 14.4. The predicted molar refractivity (Wildman–Crippen MR) is 84.2 cm³/mol. The summed E-state index contributed by atoms with van der Waals surface area (Å²) < 4.78 is 1.55. The number of nitrogens with one attached hydrogen (secondary N) is 2. The van der Waals surface area contributed by atoms with Gasteiger partial charge in [-0.1, -0.05) is 18.2 Å². The molecule has 2 heterocycles. The highest BCUT2D eigenvalue weighted by Crippen LogP contribution is 2.16. The normalized spacial score (nSPS) is 14.0. The lowest BCUT2D eigenvalue weighted by molar-refractivity contribution is 0.189. The molecule has 2 amide bonds. The van der Waals surface area contributed by atoms with E-state index in [1.807, 2.05) is 44.2 Å². The van der Waals surface area contributed by atoms with Gasteiger partial charge in [0, 0.05) is 24.7 Å². The number of aromatic nitrogens is 2. The van der Waals surface area contributed by atoms with Crippen LogP contribution in [0.5, 0.6) is 0 Å². The van der Waals surface area contributed by atoms with Crippen LogP contribution in [0.2, 0.25) is 0 Å². The Morgan fingerprint density at radius 2 is 2.00 bits per heavy atom. The second-order valence-corrected chi connectivity index (χ2v) is 5.82. The van der Waals surface area contributed by atoms with Gasteiger partial charge in [0.1, 0.15) is 0 Å². The van der Waals surface area contributed by atoms with E-state index in [0.29, 0.717) is 25.1 Å². The first-order valence-corrected chi connectivity index (χ1v) is 7.50. The van der Waals surface area contributed by atoms with Gasteiger partial charge in [-0.3, -0.25) is 9.89 Å². The molecule has 0 radical (unpaired) electrons. The van der Waals surface area contributed by atoms with Crippen LogP contribution < -0.4 is 10.9 Å². The summed E-state index contributed by atoms with van der Waals surface area (Å²) in [6, 6.07) is 9.43. The average Bonchev–Trinajstić information content (AvgIpc) is 2.84. The second-order valence-electron chi connectivity index (χ2n) is 5.82. The molecule has 116 valence electrons. The molecule has 0 fully saturated rings. The van der Waals surface area contributed by atoms with E-state index in [2.05, 4.69) is 10.4 Å². The largest absolute Gasteiger partial charge is 0.336 e. The van der Waals surface area contributed by atoms with Gasteiger partial charge in [0.2, 0.25) is 0 Å². The SMILES string of the molecule is CC(C)NC(=O)N1CCc2[nH]n(-c3ccccc3)c(=O)c2C1. The lowest BCUT2D eigenvalue weighted by Gasteiger charge is -2.27. The monoisotopic (exact) mass is 300 g/mol. The van der Waals surface area contributed by atoms with E-state index in [0.717, 1.165) is 11.4 Å². The Hall–Kier alpha value is -2.50. The summed E-state index contributed by atoms with van der Waals surface area (Å²) in [5.74, 6) is 0. The fourth-order valence-corrected chi connectivity index (χ4v) is 2.67. The Morgan fingerprint density at radius 3 is 2.68 bits per heavy atom. The third kappa shape index (κ3) is 2.64. The van der Waals surface area contributed by atoms with Crippen LogP contribution in [-0.2, 0) is 13.0 Å². The predicted octanol–water partition coefficient (Wildman–Crippen LogP) is 1.64. The van der Waals surface area contributed by atoms with Crippen molar-refractivity contribution in [1.29, 1.82) is 0 Å².